The summed E-state index contributed by atoms with van der Waals surface area (Å²) in [4.78, 5) is 16.1. The summed E-state index contributed by atoms with van der Waals surface area (Å²) in [5, 5.41) is 7.27. The molecule has 0 aliphatic rings. The van der Waals surface area contributed by atoms with Gasteiger partial charge in [-0.05, 0) is 24.3 Å². The van der Waals surface area contributed by atoms with Crippen molar-refractivity contribution in [2.24, 2.45) is 7.05 Å². The maximum absolute atomic E-state index is 12.2. The largest absolute Gasteiger partial charge is 0.497 e. The first-order valence-corrected chi connectivity index (χ1v) is 7.07. The first kappa shape index (κ1) is 14.8. The van der Waals surface area contributed by atoms with Gasteiger partial charge in [-0.3, -0.25) is 14.5 Å². The molecule has 0 bridgehead atoms. The molecule has 0 radical (unpaired) electrons. The van der Waals surface area contributed by atoms with E-state index in [1.165, 1.54) is 6.20 Å². The molecule has 1 N–H and O–H groups in total. The molecule has 6 heteroatoms. The van der Waals surface area contributed by atoms with E-state index in [9.17, 15) is 4.79 Å². The molecule has 0 unspecified atom stereocenters. The molecule has 0 saturated carbocycles. The van der Waals surface area contributed by atoms with E-state index >= 15 is 0 Å². The number of methoxy groups -OCH3 is 1. The van der Waals surface area contributed by atoms with Crippen LogP contribution in [0.4, 0.5) is 5.82 Å². The van der Waals surface area contributed by atoms with Crippen molar-refractivity contribution in [3.63, 3.8) is 0 Å². The topological polar surface area (TPSA) is 69.0 Å². The number of rotatable bonds is 4. The van der Waals surface area contributed by atoms with Gasteiger partial charge in [-0.25, -0.2) is 0 Å². The Kier molecular flexibility index (Phi) is 4.05. The number of benzene rings is 1. The molecule has 0 spiro atoms. The SMILES string of the molecule is COc1cccc(-c2cc(NC(=O)c3cccnc3)n(C)n2)c1. The normalized spacial score (nSPS) is 10.3. The highest BCUT2D eigenvalue weighted by Crippen LogP contribution is 2.25. The second-order valence-corrected chi connectivity index (χ2v) is 4.97. The molecule has 0 saturated heterocycles. The standard InChI is InChI=1S/C17H16N4O2/c1-21-16(19-17(22)13-6-4-8-18-11-13)10-15(20-21)12-5-3-7-14(9-12)23-2/h3-11H,1-2H3,(H,19,22). The maximum Gasteiger partial charge on any atom is 0.258 e. The summed E-state index contributed by atoms with van der Waals surface area (Å²) >= 11 is 0. The molecule has 6 nitrogen and oxygen atoms in total. The summed E-state index contributed by atoms with van der Waals surface area (Å²) < 4.78 is 6.85. The number of ether oxygens (including phenoxy) is 1. The second-order valence-electron chi connectivity index (χ2n) is 4.97. The highest BCUT2D eigenvalue weighted by Gasteiger charge is 2.12. The average molecular weight is 308 g/mol. The first-order valence-electron chi connectivity index (χ1n) is 7.07. The number of nitrogens with zero attached hydrogens (tertiary/aromatic N) is 3. The van der Waals surface area contributed by atoms with Crippen LogP contribution in [0.3, 0.4) is 0 Å². The van der Waals surface area contributed by atoms with Crippen molar-refractivity contribution >= 4 is 11.7 Å². The zero-order valence-electron chi connectivity index (χ0n) is 12.9. The second kappa shape index (κ2) is 6.31. The zero-order chi connectivity index (χ0) is 16.2. The van der Waals surface area contributed by atoms with E-state index in [0.717, 1.165) is 17.0 Å². The van der Waals surface area contributed by atoms with E-state index in [1.54, 1.807) is 37.2 Å². The number of pyridine rings is 1. The Hall–Kier alpha value is -3.15. The molecule has 3 aromatic rings. The molecule has 2 aromatic heterocycles. The van der Waals surface area contributed by atoms with Gasteiger partial charge in [-0.1, -0.05) is 12.1 Å². The molecule has 1 aromatic carbocycles. The molecule has 2 heterocycles. The quantitative estimate of drug-likeness (QED) is 0.804. The number of hydrogen-bond donors (Lipinski definition) is 1. The van der Waals surface area contributed by atoms with Crippen LogP contribution in [0.5, 0.6) is 5.75 Å². The lowest BCUT2D eigenvalue weighted by Gasteiger charge is -2.04. The van der Waals surface area contributed by atoms with Crippen LogP contribution < -0.4 is 10.1 Å². The third-order valence-corrected chi connectivity index (χ3v) is 3.41. The van der Waals surface area contributed by atoms with Gasteiger partial charge in [-0.2, -0.15) is 5.10 Å². The lowest BCUT2D eigenvalue weighted by molar-refractivity contribution is 0.102. The highest BCUT2D eigenvalue weighted by atomic mass is 16.5. The number of anilines is 1. The van der Waals surface area contributed by atoms with Crippen molar-refractivity contribution in [2.45, 2.75) is 0 Å². The van der Waals surface area contributed by atoms with Crippen LogP contribution in [0.1, 0.15) is 10.4 Å². The van der Waals surface area contributed by atoms with E-state index in [2.05, 4.69) is 15.4 Å². The third-order valence-electron chi connectivity index (χ3n) is 3.41. The summed E-state index contributed by atoms with van der Waals surface area (Å²) in [6.45, 7) is 0. The van der Waals surface area contributed by atoms with E-state index < -0.39 is 0 Å². The van der Waals surface area contributed by atoms with Gasteiger partial charge in [0.15, 0.2) is 0 Å². The smallest absolute Gasteiger partial charge is 0.258 e. The summed E-state index contributed by atoms with van der Waals surface area (Å²) in [6, 6.07) is 12.9. The Balaban J connectivity index is 1.85. The van der Waals surface area contributed by atoms with Crippen molar-refractivity contribution in [1.29, 1.82) is 0 Å². The Bertz CT molecular complexity index is 828. The molecule has 23 heavy (non-hydrogen) atoms. The van der Waals surface area contributed by atoms with Crippen LogP contribution in [0.15, 0.2) is 54.9 Å². The minimum absolute atomic E-state index is 0.224. The third kappa shape index (κ3) is 3.21. The summed E-state index contributed by atoms with van der Waals surface area (Å²) in [7, 11) is 3.40. The Morgan fingerprint density at radius 1 is 1.22 bits per heavy atom. The first-order chi connectivity index (χ1) is 11.2. The lowest BCUT2D eigenvalue weighted by Crippen LogP contribution is -2.14. The van der Waals surface area contributed by atoms with Crippen LogP contribution in [0.2, 0.25) is 0 Å². The zero-order valence-corrected chi connectivity index (χ0v) is 12.9. The average Bonchev–Trinajstić information content (AvgIpc) is 2.96. The molecular weight excluding hydrogens is 292 g/mol. The number of hydrogen-bond acceptors (Lipinski definition) is 4. The van der Waals surface area contributed by atoms with Gasteiger partial charge in [0.05, 0.1) is 18.4 Å². The number of carbonyl (C=O) groups is 1. The number of aromatic nitrogens is 3. The van der Waals surface area contributed by atoms with Gasteiger partial charge in [0.1, 0.15) is 11.6 Å². The predicted molar refractivity (Wildman–Crippen MR) is 87.4 cm³/mol. The molecule has 3 rings (SSSR count). The van der Waals surface area contributed by atoms with E-state index in [0.29, 0.717) is 11.4 Å². The van der Waals surface area contributed by atoms with Crippen molar-refractivity contribution in [2.75, 3.05) is 12.4 Å². The molecule has 0 fully saturated rings. The van der Waals surface area contributed by atoms with E-state index in [-0.39, 0.29) is 5.91 Å². The molecule has 0 aliphatic carbocycles. The van der Waals surface area contributed by atoms with Crippen LogP contribution in [-0.4, -0.2) is 27.8 Å². The van der Waals surface area contributed by atoms with Crippen molar-refractivity contribution in [3.8, 4) is 17.0 Å². The summed E-state index contributed by atoms with van der Waals surface area (Å²) in [5.41, 5.74) is 2.17. The highest BCUT2D eigenvalue weighted by molar-refractivity contribution is 6.03. The monoisotopic (exact) mass is 308 g/mol. The Morgan fingerprint density at radius 3 is 2.83 bits per heavy atom. The van der Waals surface area contributed by atoms with Crippen LogP contribution in [0, 0.1) is 0 Å². The van der Waals surface area contributed by atoms with Gasteiger partial charge < -0.3 is 10.1 Å². The fraction of sp³-hybridized carbons (Fsp3) is 0.118. The Labute approximate surface area is 133 Å². The minimum atomic E-state index is -0.224. The van der Waals surface area contributed by atoms with Crippen LogP contribution in [-0.2, 0) is 7.05 Å². The van der Waals surface area contributed by atoms with Gasteiger partial charge in [0, 0.05) is 31.1 Å². The van der Waals surface area contributed by atoms with Crippen molar-refractivity contribution in [3.05, 3.63) is 60.4 Å². The van der Waals surface area contributed by atoms with Crippen LogP contribution in [0.25, 0.3) is 11.3 Å². The minimum Gasteiger partial charge on any atom is -0.497 e. The summed E-state index contributed by atoms with van der Waals surface area (Å²) in [5.74, 6) is 1.14. The number of carbonyl (C=O) groups excluding carboxylic acids is 1. The van der Waals surface area contributed by atoms with E-state index in [1.807, 2.05) is 30.3 Å². The van der Waals surface area contributed by atoms with E-state index in [4.69, 9.17) is 4.74 Å². The molecule has 0 atom stereocenters. The van der Waals surface area contributed by atoms with Gasteiger partial charge in [0.2, 0.25) is 0 Å². The number of amides is 1. The van der Waals surface area contributed by atoms with Crippen molar-refractivity contribution < 1.29 is 9.53 Å². The van der Waals surface area contributed by atoms with Gasteiger partial charge >= 0.3 is 0 Å². The Morgan fingerprint density at radius 2 is 2.09 bits per heavy atom. The number of nitrogens with one attached hydrogen (secondary N) is 1. The van der Waals surface area contributed by atoms with Crippen molar-refractivity contribution in [1.82, 2.24) is 14.8 Å². The molecule has 1 amide bonds. The fourth-order valence-electron chi connectivity index (χ4n) is 2.19. The molecule has 0 aliphatic heterocycles. The van der Waals surface area contributed by atoms with Crippen LogP contribution >= 0.6 is 0 Å². The molecule has 116 valence electrons. The fourth-order valence-corrected chi connectivity index (χ4v) is 2.19. The predicted octanol–water partition coefficient (Wildman–Crippen LogP) is 2.74. The van der Waals surface area contributed by atoms with Gasteiger partial charge in [0.25, 0.3) is 5.91 Å². The summed E-state index contributed by atoms with van der Waals surface area (Å²) in [6.07, 6.45) is 3.15. The molecular formula is C17H16N4O2. The number of aryl methyl sites for hydroxylation is 1. The maximum atomic E-state index is 12.2. The van der Waals surface area contributed by atoms with Gasteiger partial charge in [-0.15, -0.1) is 0 Å². The lowest BCUT2D eigenvalue weighted by atomic mass is 10.1.